The molecule has 0 fully saturated rings. The van der Waals surface area contributed by atoms with E-state index in [1.165, 1.54) is 20.7 Å². The molecule has 1 amide bonds. The van der Waals surface area contributed by atoms with E-state index < -0.39 is 0 Å². The van der Waals surface area contributed by atoms with Crippen LogP contribution in [0.3, 0.4) is 0 Å². The summed E-state index contributed by atoms with van der Waals surface area (Å²) in [6.07, 6.45) is 0.504. The number of amides is 1. The van der Waals surface area contributed by atoms with Gasteiger partial charge in [0.25, 0.3) is 5.91 Å². The molecule has 3 rings (SSSR count). The monoisotopic (exact) mass is 389 g/mol. The molecule has 2 N–H and O–H groups in total. The number of halogens is 1. The van der Waals surface area contributed by atoms with E-state index in [4.69, 9.17) is 0 Å². The molecule has 6 heteroatoms. The maximum atomic E-state index is 13.6. The number of thiophene rings is 2. The fourth-order valence-electron chi connectivity index (χ4n) is 2.83. The average Bonchev–Trinajstić information content (AvgIpc) is 3.30. The summed E-state index contributed by atoms with van der Waals surface area (Å²) >= 11 is 3.43. The Morgan fingerprint density at radius 2 is 1.62 bits per heavy atom. The highest BCUT2D eigenvalue weighted by Crippen LogP contribution is 2.09. The second-order valence-corrected chi connectivity index (χ2v) is 8.19. The van der Waals surface area contributed by atoms with Crippen LogP contribution in [0, 0.1) is 5.82 Å². The molecule has 26 heavy (non-hydrogen) atoms. The van der Waals surface area contributed by atoms with Crippen molar-refractivity contribution >= 4 is 28.6 Å². The first kappa shape index (κ1) is 18.8. The van der Waals surface area contributed by atoms with Gasteiger partial charge in [0.05, 0.1) is 9.75 Å². The van der Waals surface area contributed by atoms with Gasteiger partial charge in [-0.3, -0.25) is 4.79 Å². The Labute approximate surface area is 161 Å². The third kappa shape index (κ3) is 5.76. The largest absolute Gasteiger partial charge is 0.351 e. The van der Waals surface area contributed by atoms with Gasteiger partial charge in [0, 0.05) is 6.54 Å². The van der Waals surface area contributed by atoms with E-state index >= 15 is 0 Å². The van der Waals surface area contributed by atoms with E-state index in [9.17, 15) is 9.18 Å². The summed E-state index contributed by atoms with van der Waals surface area (Å²) in [4.78, 5) is 16.1. The Morgan fingerprint density at radius 3 is 2.19 bits per heavy atom. The van der Waals surface area contributed by atoms with Crippen molar-refractivity contribution < 1.29 is 14.1 Å². The lowest BCUT2D eigenvalue weighted by molar-refractivity contribution is -0.919. The summed E-state index contributed by atoms with van der Waals surface area (Å²) in [7, 11) is 0. The molecule has 0 saturated carbocycles. The molecule has 1 aromatic carbocycles. The number of nitrogens with one attached hydrogen (secondary N) is 2. The number of hydrogen-bond acceptors (Lipinski definition) is 3. The van der Waals surface area contributed by atoms with Gasteiger partial charge in [0.2, 0.25) is 0 Å². The summed E-state index contributed by atoms with van der Waals surface area (Å²) in [6.45, 7) is 2.52. The van der Waals surface area contributed by atoms with E-state index in [0.29, 0.717) is 25.1 Å². The summed E-state index contributed by atoms with van der Waals surface area (Å²) in [5.41, 5.74) is 0.633. The van der Waals surface area contributed by atoms with Crippen LogP contribution in [0.2, 0.25) is 0 Å². The van der Waals surface area contributed by atoms with Crippen LogP contribution in [0.25, 0.3) is 0 Å². The molecule has 3 aromatic rings. The van der Waals surface area contributed by atoms with Crippen molar-refractivity contribution in [1.29, 1.82) is 0 Å². The molecule has 2 aromatic heterocycles. The molecule has 0 unspecified atom stereocenters. The van der Waals surface area contributed by atoms with Gasteiger partial charge < -0.3 is 10.2 Å². The molecule has 0 aliphatic rings. The van der Waals surface area contributed by atoms with Crippen molar-refractivity contribution in [2.45, 2.75) is 19.5 Å². The molecule has 0 aliphatic heterocycles. The molecule has 0 radical (unpaired) electrons. The zero-order valence-electron chi connectivity index (χ0n) is 14.4. The van der Waals surface area contributed by atoms with Crippen molar-refractivity contribution in [3.05, 3.63) is 80.4 Å². The Bertz CT molecular complexity index is 767. The van der Waals surface area contributed by atoms with Crippen molar-refractivity contribution in [3.63, 3.8) is 0 Å². The van der Waals surface area contributed by atoms with Gasteiger partial charge in [-0.05, 0) is 40.9 Å². The third-order valence-corrected chi connectivity index (χ3v) is 5.85. The number of benzene rings is 1. The molecule has 0 bridgehead atoms. The summed E-state index contributed by atoms with van der Waals surface area (Å²) in [5, 5.41) is 7.05. The molecule has 0 atom stereocenters. The summed E-state index contributed by atoms with van der Waals surface area (Å²) < 4.78 is 13.6. The Morgan fingerprint density at radius 1 is 0.962 bits per heavy atom. The van der Waals surface area contributed by atoms with Gasteiger partial charge in [-0.1, -0.05) is 30.3 Å². The lowest BCUT2D eigenvalue weighted by Crippen LogP contribution is -3.10. The van der Waals surface area contributed by atoms with Gasteiger partial charge >= 0.3 is 0 Å². The smallest absolute Gasteiger partial charge is 0.275 e. The molecule has 0 saturated heterocycles. The number of hydrogen-bond donors (Lipinski definition) is 2. The fourth-order valence-corrected chi connectivity index (χ4v) is 4.39. The van der Waals surface area contributed by atoms with E-state index in [1.54, 1.807) is 34.8 Å². The van der Waals surface area contributed by atoms with Crippen LogP contribution < -0.4 is 10.2 Å². The predicted molar refractivity (Wildman–Crippen MR) is 105 cm³/mol. The van der Waals surface area contributed by atoms with Crippen LogP contribution in [-0.2, 0) is 24.3 Å². The Kier molecular flexibility index (Phi) is 6.94. The molecule has 2 heterocycles. The van der Waals surface area contributed by atoms with Gasteiger partial charge in [0.15, 0.2) is 6.54 Å². The second-order valence-electron chi connectivity index (χ2n) is 6.13. The molecule has 0 aliphatic carbocycles. The molecular formula is C20H22FN2OS2+. The van der Waals surface area contributed by atoms with Crippen LogP contribution in [0.4, 0.5) is 4.39 Å². The Hall–Kier alpha value is -2.02. The number of rotatable bonds is 9. The quantitative estimate of drug-likeness (QED) is 0.580. The zero-order chi connectivity index (χ0) is 18.2. The van der Waals surface area contributed by atoms with Crippen molar-refractivity contribution in [2.24, 2.45) is 0 Å². The van der Waals surface area contributed by atoms with Gasteiger partial charge in [-0.25, -0.2) is 4.39 Å². The SMILES string of the molecule is O=C(C[NH+](Cc1cccs1)Cc1cccs1)NCCc1ccccc1F. The van der Waals surface area contributed by atoms with Gasteiger partial charge in [0.1, 0.15) is 18.9 Å². The zero-order valence-corrected chi connectivity index (χ0v) is 16.0. The molecule has 136 valence electrons. The van der Waals surface area contributed by atoms with E-state index in [2.05, 4.69) is 28.2 Å². The van der Waals surface area contributed by atoms with Crippen LogP contribution >= 0.6 is 22.7 Å². The highest BCUT2D eigenvalue weighted by atomic mass is 32.1. The minimum absolute atomic E-state index is 0.00412. The van der Waals surface area contributed by atoms with Crippen LogP contribution in [0.5, 0.6) is 0 Å². The first-order valence-corrected chi connectivity index (χ1v) is 10.3. The van der Waals surface area contributed by atoms with Gasteiger partial charge in [-0.15, -0.1) is 22.7 Å². The van der Waals surface area contributed by atoms with E-state index in [-0.39, 0.29) is 11.7 Å². The third-order valence-electron chi connectivity index (χ3n) is 4.09. The first-order valence-electron chi connectivity index (χ1n) is 8.59. The van der Waals surface area contributed by atoms with Gasteiger partial charge in [-0.2, -0.15) is 0 Å². The fraction of sp³-hybridized carbons (Fsp3) is 0.250. The molecule has 0 spiro atoms. The highest BCUT2D eigenvalue weighted by molar-refractivity contribution is 7.10. The standard InChI is InChI=1S/C20H21FN2OS2/c21-19-8-2-1-5-16(19)9-10-22-20(24)15-23(13-17-6-3-11-25-17)14-18-7-4-12-26-18/h1-8,11-12H,9-10,13-15H2,(H,22,24)/p+1. The normalized spacial score (nSPS) is 11.0. The number of carbonyl (C=O) groups excluding carboxylic acids is 1. The topological polar surface area (TPSA) is 33.5 Å². The second kappa shape index (κ2) is 9.62. The van der Waals surface area contributed by atoms with Crippen molar-refractivity contribution in [1.82, 2.24) is 5.32 Å². The summed E-state index contributed by atoms with van der Waals surface area (Å²) in [6, 6.07) is 15.0. The number of carbonyl (C=O) groups is 1. The predicted octanol–water partition coefficient (Wildman–Crippen LogP) is 2.89. The molecule has 3 nitrogen and oxygen atoms in total. The first-order chi connectivity index (χ1) is 12.7. The lowest BCUT2D eigenvalue weighted by atomic mass is 10.1. The van der Waals surface area contributed by atoms with Crippen LogP contribution in [0.15, 0.2) is 59.3 Å². The van der Waals surface area contributed by atoms with Crippen LogP contribution in [0.1, 0.15) is 15.3 Å². The lowest BCUT2D eigenvalue weighted by Gasteiger charge is -2.18. The summed E-state index contributed by atoms with van der Waals surface area (Å²) in [5.74, 6) is -0.214. The highest BCUT2D eigenvalue weighted by Gasteiger charge is 2.16. The minimum atomic E-state index is -0.218. The van der Waals surface area contributed by atoms with Crippen LogP contribution in [-0.4, -0.2) is 19.0 Å². The Balaban J connectivity index is 1.51. The minimum Gasteiger partial charge on any atom is -0.351 e. The molecular weight excluding hydrogens is 367 g/mol. The van der Waals surface area contributed by atoms with Crippen molar-refractivity contribution in [2.75, 3.05) is 13.1 Å². The maximum absolute atomic E-state index is 13.6. The average molecular weight is 390 g/mol. The van der Waals surface area contributed by atoms with Crippen molar-refractivity contribution in [3.8, 4) is 0 Å². The van der Waals surface area contributed by atoms with E-state index in [0.717, 1.165) is 13.1 Å². The van der Waals surface area contributed by atoms with E-state index in [1.807, 2.05) is 18.2 Å². The maximum Gasteiger partial charge on any atom is 0.275 e. The number of quaternary nitrogens is 1.